The zero-order valence-electron chi connectivity index (χ0n) is 30.9. The van der Waals surface area contributed by atoms with Crippen molar-refractivity contribution in [3.63, 3.8) is 0 Å². The highest BCUT2D eigenvalue weighted by atomic mass is 32.1. The van der Waals surface area contributed by atoms with E-state index in [2.05, 4.69) is 215 Å². The van der Waals surface area contributed by atoms with Crippen LogP contribution in [0.1, 0.15) is 0 Å². The number of aromatic nitrogens is 2. The van der Waals surface area contributed by atoms with E-state index in [1.807, 2.05) is 11.3 Å². The van der Waals surface area contributed by atoms with Crippen molar-refractivity contribution in [3.8, 4) is 44.8 Å². The second-order valence-electron chi connectivity index (χ2n) is 14.9. The molecule has 0 aliphatic carbocycles. The molecule has 3 heterocycles. The molecule has 0 fully saturated rings. The molecule has 0 amide bonds. The van der Waals surface area contributed by atoms with Crippen LogP contribution in [-0.4, -0.2) is 9.13 Å². The van der Waals surface area contributed by atoms with Crippen LogP contribution in [0.15, 0.2) is 206 Å². The van der Waals surface area contributed by atoms with Crippen molar-refractivity contribution in [2.24, 2.45) is 0 Å². The summed E-state index contributed by atoms with van der Waals surface area (Å²) in [6.45, 7) is 0. The fraction of sp³-hybridized carbons (Fsp3) is 0. The first-order valence-electron chi connectivity index (χ1n) is 19.5. The molecule has 0 spiro atoms. The lowest BCUT2D eigenvalue weighted by molar-refractivity contribution is 1.18. The Kier molecular flexibility index (Phi) is 7.13. The molecule has 0 saturated carbocycles. The molecule has 3 heteroatoms. The monoisotopic (exact) mass is 742 g/mol. The number of benzene rings is 9. The summed E-state index contributed by atoms with van der Waals surface area (Å²) in [6.07, 6.45) is 0. The second-order valence-corrected chi connectivity index (χ2v) is 15.9. The van der Waals surface area contributed by atoms with E-state index in [9.17, 15) is 0 Å². The molecule has 0 saturated heterocycles. The Morgan fingerprint density at radius 2 is 0.667 bits per heavy atom. The highest BCUT2D eigenvalue weighted by molar-refractivity contribution is 7.26. The average Bonchev–Trinajstić information content (AvgIpc) is 3.94. The topological polar surface area (TPSA) is 9.86 Å². The Balaban J connectivity index is 0.959. The minimum atomic E-state index is 1.16. The van der Waals surface area contributed by atoms with E-state index in [0.29, 0.717) is 0 Å². The summed E-state index contributed by atoms with van der Waals surface area (Å²) in [5.74, 6) is 0. The van der Waals surface area contributed by atoms with Gasteiger partial charge < -0.3 is 9.13 Å². The van der Waals surface area contributed by atoms with Gasteiger partial charge in [0.25, 0.3) is 0 Å². The van der Waals surface area contributed by atoms with Crippen LogP contribution < -0.4 is 0 Å². The van der Waals surface area contributed by atoms with E-state index in [1.54, 1.807) is 0 Å². The van der Waals surface area contributed by atoms with Gasteiger partial charge in [-0.05, 0) is 94.0 Å². The zero-order chi connectivity index (χ0) is 37.5. The molecule has 3 aromatic heterocycles. The average molecular weight is 743 g/mol. The highest BCUT2D eigenvalue weighted by Gasteiger charge is 2.17. The number of rotatable bonds is 5. The molecule has 2 nitrogen and oxygen atoms in total. The van der Waals surface area contributed by atoms with Crippen LogP contribution in [0.4, 0.5) is 0 Å². The van der Waals surface area contributed by atoms with E-state index in [-0.39, 0.29) is 0 Å². The van der Waals surface area contributed by atoms with Crippen molar-refractivity contribution < 1.29 is 0 Å². The summed E-state index contributed by atoms with van der Waals surface area (Å²) < 4.78 is 7.46. The van der Waals surface area contributed by atoms with E-state index in [1.165, 1.54) is 103 Å². The van der Waals surface area contributed by atoms with Gasteiger partial charge in [0.1, 0.15) is 0 Å². The molecule has 12 aromatic rings. The first kappa shape index (κ1) is 32.1. The lowest BCUT2D eigenvalue weighted by atomic mass is 10.00. The third-order valence-electron chi connectivity index (χ3n) is 11.7. The van der Waals surface area contributed by atoms with Crippen molar-refractivity contribution in [2.75, 3.05) is 0 Å². The first-order valence-corrected chi connectivity index (χ1v) is 20.3. The van der Waals surface area contributed by atoms with Gasteiger partial charge in [0.05, 0.1) is 22.1 Å². The van der Waals surface area contributed by atoms with E-state index in [0.717, 1.165) is 5.69 Å². The maximum absolute atomic E-state index is 2.42. The molecule has 0 aliphatic rings. The maximum atomic E-state index is 2.42. The molecule has 266 valence electrons. The van der Waals surface area contributed by atoms with Crippen LogP contribution in [0.2, 0.25) is 0 Å². The molecule has 0 atom stereocenters. The van der Waals surface area contributed by atoms with Crippen LogP contribution >= 0.6 is 11.3 Å². The van der Waals surface area contributed by atoms with Crippen LogP contribution in [0, 0.1) is 0 Å². The summed E-state index contributed by atoms with van der Waals surface area (Å²) in [5.41, 5.74) is 14.7. The quantitative estimate of drug-likeness (QED) is 0.166. The van der Waals surface area contributed by atoms with E-state index >= 15 is 0 Å². The summed E-state index contributed by atoms with van der Waals surface area (Å²) in [6, 6.07) is 75.5. The Hall–Kier alpha value is -7.20. The van der Waals surface area contributed by atoms with Gasteiger partial charge in [-0.2, -0.15) is 0 Å². The molecule has 57 heavy (non-hydrogen) atoms. The van der Waals surface area contributed by atoms with Gasteiger partial charge in [-0.15, -0.1) is 11.3 Å². The maximum Gasteiger partial charge on any atom is 0.0541 e. The number of hydrogen-bond acceptors (Lipinski definition) is 1. The van der Waals surface area contributed by atoms with Crippen LogP contribution in [0.3, 0.4) is 0 Å². The molecule has 0 aliphatic heterocycles. The molecule has 0 bridgehead atoms. The molecule has 0 radical (unpaired) electrons. The predicted molar refractivity (Wildman–Crippen MR) is 244 cm³/mol. The molecular formula is C54H34N2S. The zero-order valence-corrected chi connectivity index (χ0v) is 31.7. The summed E-state index contributed by atoms with van der Waals surface area (Å²) >= 11 is 1.90. The fourth-order valence-electron chi connectivity index (χ4n) is 9.12. The number of hydrogen-bond donors (Lipinski definition) is 0. The van der Waals surface area contributed by atoms with Crippen LogP contribution in [0.5, 0.6) is 0 Å². The lowest BCUT2D eigenvalue weighted by Crippen LogP contribution is -1.94. The van der Waals surface area contributed by atoms with Crippen molar-refractivity contribution in [1.82, 2.24) is 9.13 Å². The SMILES string of the molecule is c1ccc(-c2cccc3c2sc2c(-c4ccc(-n5c6ccccc6c6cc(-c7ccc8c(c7)c7ccccc7n8-c7ccccc7)ccc65)cc4)cccc23)cc1. The number of nitrogens with zero attached hydrogens (tertiary/aromatic N) is 2. The Morgan fingerprint density at radius 1 is 0.263 bits per heavy atom. The standard InChI is InChI=1S/C54H34N2S/c1-3-13-35(14-4-1)41-19-11-21-45-46-22-12-20-42(54(46)57-53(41)45)36-25-29-40(30-26-36)56-50-24-10-8-18-44(50)48-34-38(28-32-52(48)56)37-27-31-51-47(33-37)43-17-7-9-23-49(43)55(51)39-15-5-2-6-16-39/h1-34H. The van der Waals surface area contributed by atoms with Gasteiger partial charge in [0, 0.05) is 53.1 Å². The van der Waals surface area contributed by atoms with Gasteiger partial charge in [-0.3, -0.25) is 0 Å². The summed E-state index contributed by atoms with van der Waals surface area (Å²) in [5, 5.41) is 7.66. The minimum Gasteiger partial charge on any atom is -0.309 e. The smallest absolute Gasteiger partial charge is 0.0541 e. The predicted octanol–water partition coefficient (Wildman–Crippen LogP) is 15.2. The fourth-order valence-corrected chi connectivity index (χ4v) is 10.5. The summed E-state index contributed by atoms with van der Waals surface area (Å²) in [7, 11) is 0. The summed E-state index contributed by atoms with van der Waals surface area (Å²) in [4.78, 5) is 0. The van der Waals surface area contributed by atoms with Gasteiger partial charge >= 0.3 is 0 Å². The molecule has 12 rings (SSSR count). The largest absolute Gasteiger partial charge is 0.309 e. The van der Waals surface area contributed by atoms with Gasteiger partial charge in [-0.25, -0.2) is 0 Å². The third kappa shape index (κ3) is 4.96. The Morgan fingerprint density at radius 3 is 1.21 bits per heavy atom. The van der Waals surface area contributed by atoms with Crippen LogP contribution in [-0.2, 0) is 0 Å². The first-order chi connectivity index (χ1) is 28.3. The van der Waals surface area contributed by atoms with Crippen molar-refractivity contribution in [3.05, 3.63) is 206 Å². The van der Waals surface area contributed by atoms with E-state index < -0.39 is 0 Å². The Labute approximate surface area is 333 Å². The third-order valence-corrected chi connectivity index (χ3v) is 13.0. The Bertz CT molecular complexity index is 3490. The van der Waals surface area contributed by atoms with Gasteiger partial charge in [0.2, 0.25) is 0 Å². The van der Waals surface area contributed by atoms with Crippen molar-refractivity contribution in [1.29, 1.82) is 0 Å². The second kappa shape index (κ2) is 12.7. The van der Waals surface area contributed by atoms with Gasteiger partial charge in [0.15, 0.2) is 0 Å². The minimum absolute atomic E-state index is 1.16. The lowest BCUT2D eigenvalue weighted by Gasteiger charge is -2.11. The van der Waals surface area contributed by atoms with Gasteiger partial charge in [-0.1, -0.05) is 146 Å². The number of thiophene rings is 1. The molecular weight excluding hydrogens is 709 g/mol. The number of fused-ring (bicyclic) bond motifs is 9. The van der Waals surface area contributed by atoms with Crippen molar-refractivity contribution >= 4 is 75.1 Å². The molecule has 0 N–H and O–H groups in total. The van der Waals surface area contributed by atoms with Crippen molar-refractivity contribution in [2.45, 2.75) is 0 Å². The molecule has 9 aromatic carbocycles. The van der Waals surface area contributed by atoms with E-state index in [4.69, 9.17) is 0 Å². The van der Waals surface area contributed by atoms with Crippen LogP contribution in [0.25, 0.3) is 109 Å². The highest BCUT2D eigenvalue weighted by Crippen LogP contribution is 2.44. The normalized spacial score (nSPS) is 11.9. The molecule has 0 unspecified atom stereocenters. The number of para-hydroxylation sites is 3.